The van der Waals surface area contributed by atoms with Crippen molar-refractivity contribution in [2.75, 3.05) is 11.1 Å². The molecule has 0 radical (unpaired) electrons. The van der Waals surface area contributed by atoms with Crippen LogP contribution in [-0.2, 0) is 4.79 Å². The van der Waals surface area contributed by atoms with Crippen molar-refractivity contribution in [3.05, 3.63) is 53.4 Å². The number of nitrogens with zero attached hydrogens (tertiary/aromatic N) is 1. The quantitative estimate of drug-likeness (QED) is 0.877. The van der Waals surface area contributed by atoms with Gasteiger partial charge in [-0.2, -0.15) is 0 Å². The Morgan fingerprint density at radius 3 is 2.89 bits per heavy atom. The molecule has 0 saturated heterocycles. The fourth-order valence-electron chi connectivity index (χ4n) is 1.35. The van der Waals surface area contributed by atoms with E-state index in [2.05, 4.69) is 10.3 Å². The summed E-state index contributed by atoms with van der Waals surface area (Å²) in [5.41, 5.74) is 0.398. The summed E-state index contributed by atoms with van der Waals surface area (Å²) in [5.74, 6) is -0.444. The third kappa shape index (κ3) is 4.22. The fraction of sp³-hybridized carbons (Fsp3) is 0.0769. The van der Waals surface area contributed by atoms with Crippen LogP contribution in [-0.4, -0.2) is 16.6 Å². The maximum absolute atomic E-state index is 12.8. The highest BCUT2D eigenvalue weighted by molar-refractivity contribution is 7.99. The van der Waals surface area contributed by atoms with Gasteiger partial charge in [0.1, 0.15) is 5.82 Å². The molecule has 3 nitrogen and oxygen atoms in total. The predicted octanol–water partition coefficient (Wildman–Crippen LogP) is 3.60. The number of carbonyl (C=O) groups excluding carboxylic acids is 1. The van der Waals surface area contributed by atoms with Crippen molar-refractivity contribution in [3.63, 3.8) is 0 Å². The van der Waals surface area contributed by atoms with Crippen molar-refractivity contribution in [1.29, 1.82) is 0 Å². The molecule has 1 aromatic carbocycles. The van der Waals surface area contributed by atoms with Crippen molar-refractivity contribution in [3.8, 4) is 0 Å². The van der Waals surface area contributed by atoms with Gasteiger partial charge in [0.05, 0.1) is 21.5 Å². The van der Waals surface area contributed by atoms with Crippen LogP contribution < -0.4 is 5.32 Å². The molecule has 1 N–H and O–H groups in total. The Labute approximate surface area is 119 Å². The van der Waals surface area contributed by atoms with Crippen molar-refractivity contribution in [1.82, 2.24) is 4.98 Å². The van der Waals surface area contributed by atoms with Gasteiger partial charge in [0.25, 0.3) is 0 Å². The van der Waals surface area contributed by atoms with E-state index in [9.17, 15) is 9.18 Å². The average molecular weight is 297 g/mol. The molecular formula is C13H10ClFN2OS. The maximum Gasteiger partial charge on any atom is 0.234 e. The van der Waals surface area contributed by atoms with Gasteiger partial charge in [-0.05, 0) is 30.3 Å². The fourth-order valence-corrected chi connectivity index (χ4v) is 2.22. The van der Waals surface area contributed by atoms with Crippen LogP contribution in [0.1, 0.15) is 0 Å². The lowest BCUT2D eigenvalue weighted by Gasteiger charge is -2.06. The first-order valence-electron chi connectivity index (χ1n) is 5.44. The number of anilines is 1. The monoisotopic (exact) mass is 296 g/mol. The zero-order chi connectivity index (χ0) is 13.7. The molecule has 6 heteroatoms. The number of amides is 1. The Morgan fingerprint density at radius 1 is 1.37 bits per heavy atom. The molecule has 0 bridgehead atoms. The molecule has 0 atom stereocenters. The number of thioether (sulfide) groups is 1. The number of benzene rings is 1. The van der Waals surface area contributed by atoms with Gasteiger partial charge in [-0.1, -0.05) is 29.4 Å². The minimum atomic E-state index is -0.439. The Morgan fingerprint density at radius 2 is 2.21 bits per heavy atom. The summed E-state index contributed by atoms with van der Waals surface area (Å²) in [7, 11) is 0. The Hall–Kier alpha value is -1.59. The van der Waals surface area contributed by atoms with Gasteiger partial charge in [-0.25, -0.2) is 9.37 Å². The number of aromatic nitrogens is 1. The van der Waals surface area contributed by atoms with Gasteiger partial charge < -0.3 is 5.32 Å². The molecule has 19 heavy (non-hydrogen) atoms. The van der Waals surface area contributed by atoms with Crippen molar-refractivity contribution in [2.24, 2.45) is 0 Å². The number of halogens is 2. The minimum absolute atomic E-state index is 0.177. The van der Waals surface area contributed by atoms with Crippen molar-refractivity contribution in [2.45, 2.75) is 5.03 Å². The SMILES string of the molecule is O=C(CSc1ccccn1)Nc1ccc(F)cc1Cl. The number of rotatable bonds is 4. The first kappa shape index (κ1) is 13.8. The third-order valence-electron chi connectivity index (χ3n) is 2.19. The average Bonchev–Trinajstić information content (AvgIpc) is 2.41. The van der Waals surface area contributed by atoms with E-state index in [0.717, 1.165) is 11.1 Å². The first-order valence-corrected chi connectivity index (χ1v) is 6.80. The van der Waals surface area contributed by atoms with Crippen molar-refractivity contribution < 1.29 is 9.18 Å². The van der Waals surface area contributed by atoms with E-state index in [1.807, 2.05) is 18.2 Å². The molecule has 1 heterocycles. The van der Waals surface area contributed by atoms with Crippen LogP contribution in [0.25, 0.3) is 0 Å². The molecule has 2 aromatic rings. The van der Waals surface area contributed by atoms with E-state index in [-0.39, 0.29) is 16.7 Å². The lowest BCUT2D eigenvalue weighted by Crippen LogP contribution is -2.14. The van der Waals surface area contributed by atoms with Gasteiger partial charge in [0, 0.05) is 6.20 Å². The van der Waals surface area contributed by atoms with Gasteiger partial charge in [-0.15, -0.1) is 0 Å². The molecule has 0 saturated carbocycles. The molecule has 2 rings (SSSR count). The lowest BCUT2D eigenvalue weighted by atomic mass is 10.3. The summed E-state index contributed by atoms with van der Waals surface area (Å²) in [6.45, 7) is 0. The zero-order valence-electron chi connectivity index (χ0n) is 9.77. The van der Waals surface area contributed by atoms with E-state index < -0.39 is 5.82 Å². The molecule has 0 unspecified atom stereocenters. The van der Waals surface area contributed by atoms with Crippen LogP contribution in [0.15, 0.2) is 47.6 Å². The van der Waals surface area contributed by atoms with E-state index in [1.54, 1.807) is 6.20 Å². The molecule has 0 aliphatic carbocycles. The molecule has 0 aliphatic heterocycles. The zero-order valence-corrected chi connectivity index (χ0v) is 11.3. The second-order valence-corrected chi connectivity index (χ2v) is 5.03. The second kappa shape index (κ2) is 6.54. The number of nitrogens with one attached hydrogen (secondary N) is 1. The number of pyridine rings is 1. The normalized spacial score (nSPS) is 10.2. The maximum atomic E-state index is 12.8. The highest BCUT2D eigenvalue weighted by atomic mass is 35.5. The summed E-state index contributed by atoms with van der Waals surface area (Å²) >= 11 is 7.13. The number of hydrogen-bond acceptors (Lipinski definition) is 3. The predicted molar refractivity (Wildman–Crippen MR) is 75.0 cm³/mol. The Balaban J connectivity index is 1.91. The van der Waals surface area contributed by atoms with Gasteiger partial charge in [0.15, 0.2) is 0 Å². The molecule has 98 valence electrons. The minimum Gasteiger partial charge on any atom is -0.324 e. The third-order valence-corrected chi connectivity index (χ3v) is 3.45. The smallest absolute Gasteiger partial charge is 0.234 e. The number of carbonyl (C=O) groups is 1. The molecule has 0 spiro atoms. The summed E-state index contributed by atoms with van der Waals surface area (Å²) in [4.78, 5) is 15.8. The van der Waals surface area contributed by atoms with Crippen molar-refractivity contribution >= 4 is 35.0 Å². The summed E-state index contributed by atoms with van der Waals surface area (Å²) < 4.78 is 12.8. The van der Waals surface area contributed by atoms with E-state index in [0.29, 0.717) is 5.69 Å². The molecule has 1 aromatic heterocycles. The van der Waals surface area contributed by atoms with Crippen LogP contribution in [0, 0.1) is 5.82 Å². The van der Waals surface area contributed by atoms with Gasteiger partial charge >= 0.3 is 0 Å². The van der Waals surface area contributed by atoms with Gasteiger partial charge in [0.2, 0.25) is 5.91 Å². The largest absolute Gasteiger partial charge is 0.324 e. The van der Waals surface area contributed by atoms with E-state index in [4.69, 9.17) is 11.6 Å². The summed E-state index contributed by atoms with van der Waals surface area (Å²) in [5, 5.41) is 3.57. The lowest BCUT2D eigenvalue weighted by molar-refractivity contribution is -0.113. The summed E-state index contributed by atoms with van der Waals surface area (Å²) in [6.07, 6.45) is 1.66. The first-order chi connectivity index (χ1) is 9.15. The van der Waals surface area contributed by atoms with E-state index >= 15 is 0 Å². The van der Waals surface area contributed by atoms with Gasteiger partial charge in [-0.3, -0.25) is 4.79 Å². The molecular weight excluding hydrogens is 287 g/mol. The Kier molecular flexibility index (Phi) is 4.76. The summed E-state index contributed by atoms with van der Waals surface area (Å²) in [6, 6.07) is 9.31. The topological polar surface area (TPSA) is 42.0 Å². The highest BCUT2D eigenvalue weighted by Crippen LogP contribution is 2.23. The molecule has 0 fully saturated rings. The number of hydrogen-bond donors (Lipinski definition) is 1. The van der Waals surface area contributed by atoms with Crippen LogP contribution in [0.5, 0.6) is 0 Å². The molecule has 1 amide bonds. The van der Waals surface area contributed by atoms with Crippen LogP contribution >= 0.6 is 23.4 Å². The second-order valence-electron chi connectivity index (χ2n) is 3.63. The van der Waals surface area contributed by atoms with Crippen LogP contribution in [0.2, 0.25) is 5.02 Å². The van der Waals surface area contributed by atoms with Crippen LogP contribution in [0.3, 0.4) is 0 Å². The van der Waals surface area contributed by atoms with Crippen LogP contribution in [0.4, 0.5) is 10.1 Å². The standard InChI is InChI=1S/C13H10ClFN2OS/c14-10-7-9(15)4-5-11(10)17-12(18)8-19-13-3-1-2-6-16-13/h1-7H,8H2,(H,17,18). The molecule has 0 aliphatic rings. The highest BCUT2D eigenvalue weighted by Gasteiger charge is 2.07. The van der Waals surface area contributed by atoms with E-state index in [1.165, 1.54) is 23.9 Å². The Bertz CT molecular complexity index is 580.